The summed E-state index contributed by atoms with van der Waals surface area (Å²) in [6.45, 7) is 4.75. The van der Waals surface area contributed by atoms with E-state index in [9.17, 15) is 18.0 Å². The lowest BCUT2D eigenvalue weighted by atomic mass is 10.1. The molecule has 1 N–H and O–H groups in total. The Balaban J connectivity index is 1.92. The highest BCUT2D eigenvalue weighted by atomic mass is 32.2. The van der Waals surface area contributed by atoms with Gasteiger partial charge in [0.15, 0.2) is 11.5 Å². The predicted molar refractivity (Wildman–Crippen MR) is 145 cm³/mol. The molecule has 0 radical (unpaired) electrons. The molecule has 208 valence electrons. The van der Waals surface area contributed by atoms with Crippen molar-refractivity contribution in [2.75, 3.05) is 44.0 Å². The topological polar surface area (TPSA) is 114 Å². The lowest BCUT2D eigenvalue weighted by Gasteiger charge is -2.33. The fourth-order valence-corrected chi connectivity index (χ4v) is 5.00. The second kappa shape index (κ2) is 13.4. The quantitative estimate of drug-likeness (QED) is 0.384. The summed E-state index contributed by atoms with van der Waals surface area (Å²) in [6, 6.07) is 11.2. The minimum atomic E-state index is -3.85. The smallest absolute Gasteiger partial charge is 0.244 e. The Labute approximate surface area is 224 Å². The third-order valence-corrected chi connectivity index (χ3v) is 7.36. The number of ether oxygens (including phenoxy) is 3. The number of carbonyl (C=O) groups is 2. The van der Waals surface area contributed by atoms with Crippen molar-refractivity contribution in [3.8, 4) is 17.2 Å². The van der Waals surface area contributed by atoms with E-state index in [0.717, 1.165) is 29.0 Å². The minimum Gasteiger partial charge on any atom is -0.497 e. The van der Waals surface area contributed by atoms with Gasteiger partial charge in [-0.25, -0.2) is 8.42 Å². The van der Waals surface area contributed by atoms with Gasteiger partial charge in [0, 0.05) is 19.2 Å². The van der Waals surface area contributed by atoms with Gasteiger partial charge in [-0.05, 0) is 42.7 Å². The van der Waals surface area contributed by atoms with Gasteiger partial charge in [0.25, 0.3) is 0 Å². The highest BCUT2D eigenvalue weighted by molar-refractivity contribution is 7.92. The van der Waals surface area contributed by atoms with Crippen LogP contribution in [0, 0.1) is 0 Å². The number of carbonyl (C=O) groups excluding carboxylic acids is 2. The summed E-state index contributed by atoms with van der Waals surface area (Å²) < 4.78 is 43.0. The summed E-state index contributed by atoms with van der Waals surface area (Å²) in [5.41, 5.74) is 1.05. The van der Waals surface area contributed by atoms with Crippen LogP contribution in [-0.4, -0.2) is 70.8 Å². The predicted octanol–water partition coefficient (Wildman–Crippen LogP) is 2.96. The van der Waals surface area contributed by atoms with E-state index in [1.165, 1.54) is 4.90 Å². The first kappa shape index (κ1) is 29.1. The van der Waals surface area contributed by atoms with Crippen LogP contribution in [-0.2, 0) is 26.2 Å². The highest BCUT2D eigenvalue weighted by Gasteiger charge is 2.32. The van der Waals surface area contributed by atoms with E-state index >= 15 is 0 Å². The molecule has 1 aliphatic rings. The first-order valence-electron chi connectivity index (χ1n) is 12.7. The second-order valence-electron chi connectivity index (χ2n) is 9.04. The molecule has 0 aliphatic carbocycles. The Kier molecular flexibility index (Phi) is 10.2. The molecule has 1 aliphatic heterocycles. The molecule has 38 heavy (non-hydrogen) atoms. The first-order chi connectivity index (χ1) is 18.2. The molecule has 2 amide bonds. The molecule has 1 atom stereocenters. The summed E-state index contributed by atoms with van der Waals surface area (Å²) in [6.07, 6.45) is 3.15. The van der Waals surface area contributed by atoms with Crippen molar-refractivity contribution < 1.29 is 32.2 Å². The number of hydrogen-bond donors (Lipinski definition) is 1. The third kappa shape index (κ3) is 7.53. The van der Waals surface area contributed by atoms with E-state index in [2.05, 4.69) is 5.32 Å². The number of rotatable bonds is 13. The number of nitrogens with zero attached hydrogens (tertiary/aromatic N) is 2. The third-order valence-electron chi connectivity index (χ3n) is 6.22. The van der Waals surface area contributed by atoms with E-state index < -0.39 is 28.5 Å². The zero-order chi connectivity index (χ0) is 27.7. The van der Waals surface area contributed by atoms with Gasteiger partial charge in [0.1, 0.15) is 31.5 Å². The van der Waals surface area contributed by atoms with Crippen molar-refractivity contribution >= 4 is 27.5 Å². The lowest BCUT2D eigenvalue weighted by molar-refractivity contribution is -0.140. The van der Waals surface area contributed by atoms with Gasteiger partial charge in [0.2, 0.25) is 21.8 Å². The number of nitrogens with one attached hydrogen (secondary N) is 1. The number of sulfonamides is 1. The van der Waals surface area contributed by atoms with Crippen LogP contribution < -0.4 is 23.8 Å². The Morgan fingerprint density at radius 1 is 1.05 bits per heavy atom. The molecule has 0 saturated carbocycles. The van der Waals surface area contributed by atoms with E-state index in [4.69, 9.17) is 14.2 Å². The van der Waals surface area contributed by atoms with Gasteiger partial charge in [-0.15, -0.1) is 0 Å². The maximum Gasteiger partial charge on any atom is 0.244 e. The summed E-state index contributed by atoms with van der Waals surface area (Å²) in [5.74, 6) is 0.812. The average molecular weight is 548 g/mol. The molecule has 0 fully saturated rings. The Hall–Kier alpha value is -3.47. The van der Waals surface area contributed by atoms with Gasteiger partial charge < -0.3 is 24.4 Å². The molecule has 2 aromatic carbocycles. The molecule has 0 spiro atoms. The van der Waals surface area contributed by atoms with E-state index in [1.54, 1.807) is 37.4 Å². The Morgan fingerprint density at radius 3 is 2.34 bits per heavy atom. The standard InChI is InChI=1S/C27H37N3O7S/c1-5-7-14-28-27(32)23(6-2)29(18-20-8-11-22(35-3)12-9-20)26(31)19-30(38(4,33)34)21-10-13-24-25(17-21)37-16-15-36-24/h8-13,17,23H,5-7,14-16,18-19H2,1-4H3,(H,28,32). The van der Waals surface area contributed by atoms with Crippen LogP contribution in [0.2, 0.25) is 0 Å². The number of anilines is 1. The van der Waals surface area contributed by atoms with Gasteiger partial charge in [-0.1, -0.05) is 32.4 Å². The molecular formula is C27H37N3O7S. The molecule has 0 bridgehead atoms. The van der Waals surface area contributed by atoms with Crippen molar-refractivity contribution in [1.29, 1.82) is 0 Å². The first-order valence-corrected chi connectivity index (χ1v) is 14.6. The van der Waals surface area contributed by atoms with Crippen LogP contribution in [0.3, 0.4) is 0 Å². The molecule has 11 heteroatoms. The summed E-state index contributed by atoms with van der Waals surface area (Å²) in [7, 11) is -2.29. The number of amides is 2. The fraction of sp³-hybridized carbons (Fsp3) is 0.481. The monoisotopic (exact) mass is 547 g/mol. The molecule has 10 nitrogen and oxygen atoms in total. The molecule has 0 saturated heterocycles. The second-order valence-corrected chi connectivity index (χ2v) is 10.9. The number of unbranched alkanes of at least 4 members (excludes halogenated alkanes) is 1. The van der Waals surface area contributed by atoms with Crippen LogP contribution in [0.25, 0.3) is 0 Å². The zero-order valence-electron chi connectivity index (χ0n) is 22.4. The fourth-order valence-electron chi connectivity index (χ4n) is 4.15. The number of benzene rings is 2. The van der Waals surface area contributed by atoms with Gasteiger partial charge in [-0.2, -0.15) is 0 Å². The maximum atomic E-state index is 13.8. The average Bonchev–Trinajstić information content (AvgIpc) is 2.91. The van der Waals surface area contributed by atoms with E-state index in [1.807, 2.05) is 26.0 Å². The van der Waals surface area contributed by atoms with Gasteiger partial charge in [-0.3, -0.25) is 13.9 Å². The summed E-state index contributed by atoms with van der Waals surface area (Å²) in [5, 5.41) is 2.91. The van der Waals surface area contributed by atoms with Gasteiger partial charge >= 0.3 is 0 Å². The number of methoxy groups -OCH3 is 1. The largest absolute Gasteiger partial charge is 0.497 e. The molecule has 2 aromatic rings. The lowest BCUT2D eigenvalue weighted by Crippen LogP contribution is -2.52. The normalized spacial score (nSPS) is 13.4. The summed E-state index contributed by atoms with van der Waals surface area (Å²) in [4.78, 5) is 28.3. The van der Waals surface area contributed by atoms with Crippen molar-refractivity contribution in [2.24, 2.45) is 0 Å². The number of fused-ring (bicyclic) bond motifs is 1. The SMILES string of the molecule is CCCCNC(=O)C(CC)N(Cc1ccc(OC)cc1)C(=O)CN(c1ccc2c(c1)OCCO2)S(C)(=O)=O. The molecule has 3 rings (SSSR count). The van der Waals surface area contributed by atoms with Crippen molar-refractivity contribution in [3.05, 3.63) is 48.0 Å². The molecule has 0 aromatic heterocycles. The van der Waals surface area contributed by atoms with Crippen molar-refractivity contribution in [2.45, 2.75) is 45.7 Å². The van der Waals surface area contributed by atoms with E-state index in [0.29, 0.717) is 43.4 Å². The molecule has 1 unspecified atom stereocenters. The van der Waals surface area contributed by atoms with Crippen LogP contribution in [0.4, 0.5) is 5.69 Å². The Morgan fingerprint density at radius 2 is 1.74 bits per heavy atom. The molecule has 1 heterocycles. The maximum absolute atomic E-state index is 13.8. The molecular weight excluding hydrogens is 510 g/mol. The number of hydrogen-bond acceptors (Lipinski definition) is 7. The summed E-state index contributed by atoms with van der Waals surface area (Å²) >= 11 is 0. The van der Waals surface area contributed by atoms with Crippen molar-refractivity contribution in [3.63, 3.8) is 0 Å². The van der Waals surface area contributed by atoms with Crippen LogP contribution in [0.5, 0.6) is 17.2 Å². The minimum absolute atomic E-state index is 0.126. The van der Waals surface area contributed by atoms with Crippen LogP contribution in [0.1, 0.15) is 38.7 Å². The highest BCUT2D eigenvalue weighted by Crippen LogP contribution is 2.34. The van der Waals surface area contributed by atoms with Crippen LogP contribution >= 0.6 is 0 Å². The Bertz CT molecular complexity index is 1200. The van der Waals surface area contributed by atoms with E-state index in [-0.39, 0.29) is 18.1 Å². The van der Waals surface area contributed by atoms with Crippen LogP contribution in [0.15, 0.2) is 42.5 Å². The zero-order valence-corrected chi connectivity index (χ0v) is 23.3. The van der Waals surface area contributed by atoms with Crippen molar-refractivity contribution in [1.82, 2.24) is 10.2 Å². The van der Waals surface area contributed by atoms with Gasteiger partial charge in [0.05, 0.1) is 19.1 Å².